The summed E-state index contributed by atoms with van der Waals surface area (Å²) in [5, 5.41) is 3.67. The molecule has 0 bridgehead atoms. The highest BCUT2D eigenvalue weighted by Gasteiger charge is 2.35. The minimum atomic E-state index is -0.404. The van der Waals surface area contributed by atoms with E-state index in [1.54, 1.807) is 0 Å². The fraction of sp³-hybridized carbons (Fsp3) is 0.941. The summed E-state index contributed by atoms with van der Waals surface area (Å²) in [6, 6.07) is 1.33. The van der Waals surface area contributed by atoms with Crippen LogP contribution >= 0.6 is 0 Å². The average molecular weight is 309 g/mol. The molecule has 2 atom stereocenters. The van der Waals surface area contributed by atoms with E-state index in [2.05, 4.69) is 10.2 Å². The number of hydrogen-bond donors (Lipinski definition) is 1. The Morgan fingerprint density at radius 2 is 1.91 bits per heavy atom. The maximum atomic E-state index is 12.1. The van der Waals surface area contributed by atoms with Crippen LogP contribution < -0.4 is 5.32 Å². The predicted octanol–water partition coefficient (Wildman–Crippen LogP) is 2.07. The van der Waals surface area contributed by atoms with Crippen molar-refractivity contribution in [1.29, 1.82) is 0 Å². The number of hydrogen-bond acceptors (Lipinski definition) is 4. The van der Waals surface area contributed by atoms with E-state index in [-0.39, 0.29) is 6.09 Å². The van der Waals surface area contributed by atoms with Crippen LogP contribution in [0.25, 0.3) is 0 Å². The van der Waals surface area contributed by atoms with Gasteiger partial charge in [-0.1, -0.05) is 0 Å². The van der Waals surface area contributed by atoms with Gasteiger partial charge in [0.2, 0.25) is 0 Å². The molecule has 3 aliphatic rings. The zero-order valence-corrected chi connectivity index (χ0v) is 14.3. The van der Waals surface area contributed by atoms with E-state index in [0.717, 1.165) is 38.0 Å². The molecule has 2 aliphatic heterocycles. The molecule has 1 saturated carbocycles. The van der Waals surface area contributed by atoms with Crippen LogP contribution in [-0.4, -0.2) is 66.3 Å². The predicted molar refractivity (Wildman–Crippen MR) is 86.9 cm³/mol. The number of nitrogens with one attached hydrogen (secondary N) is 1. The molecule has 1 aliphatic carbocycles. The molecule has 0 spiro atoms. The van der Waals surface area contributed by atoms with Crippen molar-refractivity contribution in [2.24, 2.45) is 5.92 Å². The maximum absolute atomic E-state index is 12.1. The quantitative estimate of drug-likeness (QED) is 0.863. The number of likely N-dealkylation sites (tertiary alicyclic amines) is 2. The van der Waals surface area contributed by atoms with Gasteiger partial charge in [0, 0.05) is 31.7 Å². The fourth-order valence-corrected chi connectivity index (χ4v) is 3.55. The molecule has 1 N–H and O–H groups in total. The summed E-state index contributed by atoms with van der Waals surface area (Å²) >= 11 is 0. The Bertz CT molecular complexity index is 403. The molecule has 1 amide bonds. The molecule has 3 rings (SSSR count). The van der Waals surface area contributed by atoms with Crippen molar-refractivity contribution >= 4 is 6.09 Å². The molecular formula is C17H31N3O2. The lowest BCUT2D eigenvalue weighted by Gasteiger charge is -2.24. The topological polar surface area (TPSA) is 44.8 Å². The van der Waals surface area contributed by atoms with Gasteiger partial charge in [-0.05, 0) is 65.5 Å². The largest absolute Gasteiger partial charge is 0.444 e. The highest BCUT2D eigenvalue weighted by atomic mass is 16.6. The average Bonchev–Trinajstić information content (AvgIpc) is 2.99. The van der Waals surface area contributed by atoms with Crippen molar-refractivity contribution in [3.63, 3.8) is 0 Å². The molecule has 0 aromatic heterocycles. The summed E-state index contributed by atoms with van der Waals surface area (Å²) in [6.07, 6.45) is 5.02. The lowest BCUT2D eigenvalue weighted by atomic mass is 10.1. The second-order valence-corrected chi connectivity index (χ2v) is 8.20. The molecule has 22 heavy (non-hydrogen) atoms. The van der Waals surface area contributed by atoms with Gasteiger partial charge < -0.3 is 19.9 Å². The van der Waals surface area contributed by atoms with Crippen LogP contribution in [0.5, 0.6) is 0 Å². The molecular weight excluding hydrogens is 278 g/mol. The summed E-state index contributed by atoms with van der Waals surface area (Å²) in [4.78, 5) is 16.6. The molecule has 2 saturated heterocycles. The number of ether oxygens (including phenoxy) is 1. The van der Waals surface area contributed by atoms with Crippen LogP contribution in [0.3, 0.4) is 0 Å². The van der Waals surface area contributed by atoms with E-state index in [9.17, 15) is 4.79 Å². The lowest BCUT2D eigenvalue weighted by molar-refractivity contribution is 0.0291. The highest BCUT2D eigenvalue weighted by Crippen LogP contribution is 2.31. The summed E-state index contributed by atoms with van der Waals surface area (Å²) in [6.45, 7) is 11.0. The molecule has 126 valence electrons. The second kappa shape index (κ2) is 6.36. The third-order valence-corrected chi connectivity index (χ3v) is 4.92. The Labute approximate surface area is 134 Å². The maximum Gasteiger partial charge on any atom is 0.410 e. The van der Waals surface area contributed by atoms with Crippen LogP contribution in [0.15, 0.2) is 0 Å². The first-order valence-corrected chi connectivity index (χ1v) is 8.86. The number of rotatable bonds is 4. The lowest BCUT2D eigenvalue weighted by Crippen LogP contribution is -2.39. The van der Waals surface area contributed by atoms with Crippen LogP contribution in [-0.2, 0) is 4.74 Å². The van der Waals surface area contributed by atoms with Gasteiger partial charge in [-0.3, -0.25) is 0 Å². The van der Waals surface area contributed by atoms with Gasteiger partial charge in [0.1, 0.15) is 5.60 Å². The molecule has 2 heterocycles. The fourth-order valence-electron chi connectivity index (χ4n) is 3.55. The van der Waals surface area contributed by atoms with Gasteiger partial charge in [-0.25, -0.2) is 4.79 Å². The summed E-state index contributed by atoms with van der Waals surface area (Å²) in [7, 11) is 0. The summed E-state index contributed by atoms with van der Waals surface area (Å²) in [5.74, 6) is 0.788. The first-order chi connectivity index (χ1) is 10.4. The molecule has 0 aromatic rings. The summed E-state index contributed by atoms with van der Waals surface area (Å²) < 4.78 is 5.45. The molecule has 5 nitrogen and oxygen atoms in total. The normalized spacial score (nSPS) is 30.0. The van der Waals surface area contributed by atoms with Crippen LogP contribution in [0, 0.1) is 5.92 Å². The Kier molecular flexibility index (Phi) is 4.64. The van der Waals surface area contributed by atoms with Crippen molar-refractivity contribution in [3.8, 4) is 0 Å². The summed E-state index contributed by atoms with van der Waals surface area (Å²) in [5.41, 5.74) is -0.404. The van der Waals surface area contributed by atoms with Crippen molar-refractivity contribution in [1.82, 2.24) is 15.1 Å². The van der Waals surface area contributed by atoms with Crippen molar-refractivity contribution in [2.75, 3.05) is 32.7 Å². The molecule has 0 unspecified atom stereocenters. The van der Waals surface area contributed by atoms with E-state index in [4.69, 9.17) is 4.74 Å². The molecule has 3 fully saturated rings. The van der Waals surface area contributed by atoms with Gasteiger partial charge in [-0.2, -0.15) is 0 Å². The zero-order chi connectivity index (χ0) is 15.7. The van der Waals surface area contributed by atoms with Gasteiger partial charge in [0.25, 0.3) is 0 Å². The first-order valence-electron chi connectivity index (χ1n) is 8.86. The Morgan fingerprint density at radius 3 is 2.59 bits per heavy atom. The molecule has 0 radical (unpaired) electrons. The Balaban J connectivity index is 1.35. The Morgan fingerprint density at radius 1 is 1.14 bits per heavy atom. The minimum absolute atomic E-state index is 0.169. The molecule has 0 aromatic carbocycles. The van der Waals surface area contributed by atoms with Crippen LogP contribution in [0.2, 0.25) is 0 Å². The number of amides is 1. The second-order valence-electron chi connectivity index (χ2n) is 8.20. The van der Waals surface area contributed by atoms with Gasteiger partial charge in [-0.15, -0.1) is 0 Å². The van der Waals surface area contributed by atoms with Gasteiger partial charge in [0.15, 0.2) is 0 Å². The molecule has 5 heteroatoms. The van der Waals surface area contributed by atoms with Crippen molar-refractivity contribution in [3.05, 3.63) is 0 Å². The standard InChI is InChI=1S/C17H31N3O2/c1-17(2,3)22-16(21)20-9-7-14(12-20)18-10-13-6-8-19(11-13)15-4-5-15/h13-15,18H,4-12H2,1-3H3/t13-,14+/m0/s1. The monoisotopic (exact) mass is 309 g/mol. The first kappa shape index (κ1) is 16.1. The number of nitrogens with zero attached hydrogens (tertiary/aromatic N) is 2. The number of carbonyl (C=O) groups excluding carboxylic acids is 1. The van der Waals surface area contributed by atoms with Crippen molar-refractivity contribution in [2.45, 2.75) is 64.1 Å². The van der Waals surface area contributed by atoms with E-state index in [1.165, 1.54) is 32.4 Å². The van der Waals surface area contributed by atoms with Gasteiger partial charge >= 0.3 is 6.09 Å². The number of carbonyl (C=O) groups is 1. The van der Waals surface area contributed by atoms with Crippen molar-refractivity contribution < 1.29 is 9.53 Å². The Hall–Kier alpha value is -0.810. The third-order valence-electron chi connectivity index (χ3n) is 4.92. The van der Waals surface area contributed by atoms with E-state index in [0.29, 0.717) is 6.04 Å². The van der Waals surface area contributed by atoms with E-state index in [1.807, 2.05) is 25.7 Å². The van der Waals surface area contributed by atoms with E-state index >= 15 is 0 Å². The van der Waals surface area contributed by atoms with Crippen LogP contribution in [0.1, 0.15) is 46.5 Å². The van der Waals surface area contributed by atoms with Crippen LogP contribution in [0.4, 0.5) is 4.79 Å². The SMILES string of the molecule is CC(C)(C)OC(=O)N1CC[C@@H](NC[C@@H]2CCN(C3CC3)C2)C1. The highest BCUT2D eigenvalue weighted by molar-refractivity contribution is 5.68. The van der Waals surface area contributed by atoms with E-state index < -0.39 is 5.60 Å². The van der Waals surface area contributed by atoms with Gasteiger partial charge in [0.05, 0.1) is 0 Å². The zero-order valence-electron chi connectivity index (χ0n) is 14.3. The minimum Gasteiger partial charge on any atom is -0.444 e. The smallest absolute Gasteiger partial charge is 0.410 e. The third kappa shape index (κ3) is 4.35.